The van der Waals surface area contributed by atoms with Crippen LogP contribution in [0.2, 0.25) is 0 Å². The Morgan fingerprint density at radius 2 is 1.69 bits per heavy atom. The molecule has 5 nitrogen and oxygen atoms in total. The van der Waals surface area contributed by atoms with E-state index in [1.54, 1.807) is 0 Å². The Labute approximate surface area is 154 Å². The summed E-state index contributed by atoms with van der Waals surface area (Å²) in [5.41, 5.74) is 5.59. The first-order chi connectivity index (χ1) is 12.9. The largest absolute Gasteiger partial charge is 0.339 e. The lowest BCUT2D eigenvalue weighted by molar-refractivity contribution is 0.372. The number of hydrogen-bond donors (Lipinski definition) is 1. The van der Waals surface area contributed by atoms with Crippen LogP contribution in [-0.4, -0.2) is 15.9 Å². The maximum Gasteiger partial charge on any atom is 0.227 e. The second kappa shape index (κ2) is 9.51. The van der Waals surface area contributed by atoms with Crippen LogP contribution in [0.4, 0.5) is 5.69 Å². The van der Waals surface area contributed by atoms with Gasteiger partial charge in [0, 0.05) is 12.0 Å². The van der Waals surface area contributed by atoms with Crippen molar-refractivity contribution < 1.29 is 4.52 Å². The summed E-state index contributed by atoms with van der Waals surface area (Å²) in [5, 5.41) is 8.69. The molecular weight excluding hydrogens is 324 g/mol. The van der Waals surface area contributed by atoms with Gasteiger partial charge in [0.15, 0.2) is 0 Å². The van der Waals surface area contributed by atoms with Gasteiger partial charge in [-0.2, -0.15) is 10.1 Å². The van der Waals surface area contributed by atoms with Crippen molar-refractivity contribution in [1.82, 2.24) is 10.1 Å². The van der Waals surface area contributed by atoms with E-state index in [0.29, 0.717) is 17.4 Å². The zero-order valence-corrected chi connectivity index (χ0v) is 15.1. The lowest BCUT2D eigenvalue weighted by atomic mass is 10.1. The zero-order valence-electron chi connectivity index (χ0n) is 15.1. The Morgan fingerprint density at radius 1 is 0.962 bits per heavy atom. The molecule has 1 heterocycles. The molecule has 0 atom stereocenters. The fraction of sp³-hybridized carbons (Fsp3) is 0.286. The van der Waals surface area contributed by atoms with Gasteiger partial charge in [-0.25, -0.2) is 0 Å². The van der Waals surface area contributed by atoms with Crippen molar-refractivity contribution in [3.8, 4) is 0 Å². The van der Waals surface area contributed by atoms with Gasteiger partial charge in [-0.15, -0.1) is 0 Å². The highest BCUT2D eigenvalue weighted by molar-refractivity contribution is 6.10. The fourth-order valence-electron chi connectivity index (χ4n) is 2.63. The lowest BCUT2D eigenvalue weighted by Crippen LogP contribution is -2.08. The summed E-state index contributed by atoms with van der Waals surface area (Å²) in [5.74, 6) is 1.17. The number of rotatable bonds is 9. The van der Waals surface area contributed by atoms with Gasteiger partial charge in [0.1, 0.15) is 5.71 Å². The number of aryl methyl sites for hydroxylation is 1. The number of anilines is 1. The first-order valence-electron chi connectivity index (χ1n) is 9.14. The van der Waals surface area contributed by atoms with Crippen molar-refractivity contribution in [2.24, 2.45) is 5.10 Å². The van der Waals surface area contributed by atoms with Gasteiger partial charge in [-0.1, -0.05) is 79.9 Å². The third-order valence-corrected chi connectivity index (χ3v) is 4.04. The minimum atomic E-state index is 0.505. The molecule has 0 bridgehead atoms. The maximum absolute atomic E-state index is 5.43. The third-order valence-electron chi connectivity index (χ3n) is 4.04. The topological polar surface area (TPSA) is 63.3 Å². The van der Waals surface area contributed by atoms with Gasteiger partial charge < -0.3 is 4.52 Å². The molecule has 0 radical (unpaired) electrons. The molecule has 0 saturated carbocycles. The summed E-state index contributed by atoms with van der Waals surface area (Å²) < 4.78 is 5.43. The zero-order chi connectivity index (χ0) is 18.0. The van der Waals surface area contributed by atoms with Crippen LogP contribution in [0.15, 0.2) is 70.3 Å². The number of benzene rings is 2. The Bertz CT molecular complexity index is 812. The average molecular weight is 348 g/mol. The van der Waals surface area contributed by atoms with Crippen LogP contribution in [-0.2, 0) is 6.42 Å². The van der Waals surface area contributed by atoms with E-state index < -0.39 is 0 Å². The van der Waals surface area contributed by atoms with E-state index in [1.807, 2.05) is 60.7 Å². The van der Waals surface area contributed by atoms with Gasteiger partial charge in [0.05, 0.1) is 5.69 Å². The number of para-hydroxylation sites is 1. The predicted molar refractivity (Wildman–Crippen MR) is 104 cm³/mol. The van der Waals surface area contributed by atoms with E-state index in [-0.39, 0.29) is 0 Å². The molecule has 1 aromatic heterocycles. The van der Waals surface area contributed by atoms with E-state index in [0.717, 1.165) is 24.1 Å². The minimum Gasteiger partial charge on any atom is -0.339 e. The number of hydrazone groups is 1. The molecule has 0 aliphatic heterocycles. The third kappa shape index (κ3) is 5.02. The van der Waals surface area contributed by atoms with Crippen LogP contribution < -0.4 is 5.43 Å². The van der Waals surface area contributed by atoms with E-state index in [4.69, 9.17) is 4.52 Å². The molecule has 3 rings (SSSR count). The summed E-state index contributed by atoms with van der Waals surface area (Å²) in [4.78, 5) is 4.55. The number of hydrogen-bond acceptors (Lipinski definition) is 5. The smallest absolute Gasteiger partial charge is 0.227 e. The van der Waals surface area contributed by atoms with Crippen LogP contribution in [0.5, 0.6) is 0 Å². The minimum absolute atomic E-state index is 0.505. The number of nitrogens with one attached hydrogen (secondary N) is 1. The quantitative estimate of drug-likeness (QED) is 0.334. The van der Waals surface area contributed by atoms with Crippen LogP contribution in [0.25, 0.3) is 0 Å². The van der Waals surface area contributed by atoms with Crippen LogP contribution in [0.3, 0.4) is 0 Å². The van der Waals surface area contributed by atoms with Gasteiger partial charge in [-0.3, -0.25) is 5.43 Å². The molecule has 0 spiro atoms. The molecule has 2 aromatic carbocycles. The number of unbranched alkanes of at least 4 members (excludes halogenated alkanes) is 3. The molecule has 134 valence electrons. The van der Waals surface area contributed by atoms with Crippen LogP contribution >= 0.6 is 0 Å². The Hall–Kier alpha value is -2.95. The van der Waals surface area contributed by atoms with E-state index in [2.05, 4.69) is 27.6 Å². The van der Waals surface area contributed by atoms with Crippen LogP contribution in [0.1, 0.15) is 49.9 Å². The molecule has 0 unspecified atom stereocenters. The van der Waals surface area contributed by atoms with Crippen molar-refractivity contribution in [3.05, 3.63) is 77.9 Å². The Kier molecular flexibility index (Phi) is 6.53. The molecule has 1 N–H and O–H groups in total. The SMILES string of the molecule is CCCCCCc1nc(/C(=N/Nc2ccccc2)c2ccccc2)no1. The summed E-state index contributed by atoms with van der Waals surface area (Å²) >= 11 is 0. The van der Waals surface area contributed by atoms with Gasteiger partial charge in [-0.05, 0) is 18.6 Å². The molecule has 0 amide bonds. The van der Waals surface area contributed by atoms with Crippen molar-refractivity contribution in [1.29, 1.82) is 0 Å². The van der Waals surface area contributed by atoms with Gasteiger partial charge in [0.2, 0.25) is 11.7 Å². The van der Waals surface area contributed by atoms with Gasteiger partial charge in [0.25, 0.3) is 0 Å². The average Bonchev–Trinajstić information content (AvgIpc) is 3.16. The van der Waals surface area contributed by atoms with Crippen LogP contribution in [0, 0.1) is 0 Å². The monoisotopic (exact) mass is 348 g/mol. The summed E-state index contributed by atoms with van der Waals surface area (Å²) in [6.07, 6.45) is 5.50. The summed E-state index contributed by atoms with van der Waals surface area (Å²) in [6, 6.07) is 19.7. The second-order valence-electron chi connectivity index (χ2n) is 6.13. The molecule has 0 aliphatic rings. The van der Waals surface area contributed by atoms with E-state index >= 15 is 0 Å². The lowest BCUT2D eigenvalue weighted by Gasteiger charge is -2.04. The van der Waals surface area contributed by atoms with Crippen molar-refractivity contribution in [3.63, 3.8) is 0 Å². The van der Waals surface area contributed by atoms with Gasteiger partial charge >= 0.3 is 0 Å². The molecule has 0 fully saturated rings. The highest BCUT2D eigenvalue weighted by Crippen LogP contribution is 2.12. The maximum atomic E-state index is 5.43. The van der Waals surface area contributed by atoms with E-state index in [9.17, 15) is 0 Å². The summed E-state index contributed by atoms with van der Waals surface area (Å²) in [7, 11) is 0. The molecule has 3 aromatic rings. The number of nitrogens with zero attached hydrogens (tertiary/aromatic N) is 3. The molecular formula is C21H24N4O. The normalized spacial score (nSPS) is 11.5. The van der Waals surface area contributed by atoms with E-state index in [1.165, 1.54) is 19.3 Å². The highest BCUT2D eigenvalue weighted by atomic mass is 16.5. The first-order valence-corrected chi connectivity index (χ1v) is 9.14. The molecule has 26 heavy (non-hydrogen) atoms. The molecule has 0 saturated heterocycles. The summed E-state index contributed by atoms with van der Waals surface area (Å²) in [6.45, 7) is 2.20. The standard InChI is InChI=1S/C21H24N4O/c1-2-3-4-11-16-19-22-21(25-26-19)20(17-12-7-5-8-13-17)24-23-18-14-9-6-10-15-18/h5-10,12-15,23H,2-4,11,16H2,1H3/b24-20+. The fourth-order valence-corrected chi connectivity index (χ4v) is 2.63. The molecule has 5 heteroatoms. The van der Waals surface area contributed by atoms with Crippen molar-refractivity contribution >= 4 is 11.4 Å². The Balaban J connectivity index is 1.79. The molecule has 0 aliphatic carbocycles. The number of aromatic nitrogens is 2. The predicted octanol–water partition coefficient (Wildman–Crippen LogP) is 5.06. The first kappa shape index (κ1) is 17.9. The second-order valence-corrected chi connectivity index (χ2v) is 6.13. The van der Waals surface area contributed by atoms with Crippen molar-refractivity contribution in [2.45, 2.75) is 39.0 Å². The highest BCUT2D eigenvalue weighted by Gasteiger charge is 2.15. The Morgan fingerprint density at radius 3 is 2.42 bits per heavy atom. The van der Waals surface area contributed by atoms with Crippen molar-refractivity contribution in [2.75, 3.05) is 5.43 Å².